The Morgan fingerprint density at radius 2 is 2.00 bits per heavy atom. The largest absolute Gasteiger partial charge is 0.488 e. The zero-order chi connectivity index (χ0) is 16.9. The molecule has 25 heavy (non-hydrogen) atoms. The second kappa shape index (κ2) is 9.22. The van der Waals surface area contributed by atoms with Gasteiger partial charge in [-0.25, -0.2) is 0 Å². The molecule has 0 heterocycles. The molecule has 0 radical (unpaired) electrons. The van der Waals surface area contributed by atoms with Gasteiger partial charge >= 0.3 is 0 Å². The van der Waals surface area contributed by atoms with Crippen molar-refractivity contribution < 1.29 is 9.53 Å². The number of carbonyl (C=O) groups is 1. The molecule has 0 aromatic heterocycles. The lowest BCUT2D eigenvalue weighted by Crippen LogP contribution is -2.41. The molecule has 0 bridgehead atoms. The molecule has 1 amide bonds. The number of amides is 1. The zero-order valence-electron chi connectivity index (χ0n) is 13.8. The molecule has 1 unspecified atom stereocenters. The van der Waals surface area contributed by atoms with E-state index >= 15 is 0 Å². The van der Waals surface area contributed by atoms with Crippen molar-refractivity contribution in [3.05, 3.63) is 64.1 Å². The number of ether oxygens (including phenoxy) is 1. The minimum atomic E-state index is -0.123. The van der Waals surface area contributed by atoms with Crippen LogP contribution in [0.2, 0.25) is 0 Å². The molecule has 134 valence electrons. The van der Waals surface area contributed by atoms with E-state index in [4.69, 9.17) is 10.5 Å². The smallest absolute Gasteiger partial charge is 0.255 e. The van der Waals surface area contributed by atoms with Crippen LogP contribution in [0.25, 0.3) is 0 Å². The monoisotopic (exact) mass is 424 g/mol. The summed E-state index contributed by atoms with van der Waals surface area (Å²) in [5.74, 6) is 0.984. The highest BCUT2D eigenvalue weighted by Gasteiger charge is 2.31. The normalized spacial score (nSPS) is 14.3. The third-order valence-corrected chi connectivity index (χ3v) is 4.67. The lowest BCUT2D eigenvalue weighted by Gasteiger charge is -2.17. The summed E-state index contributed by atoms with van der Waals surface area (Å²) in [6.45, 7) is 0.879. The Kier molecular flexibility index (Phi) is 7.29. The maximum atomic E-state index is 12.6. The Hall–Kier alpha value is -1.56. The van der Waals surface area contributed by atoms with E-state index in [9.17, 15) is 4.79 Å². The van der Waals surface area contributed by atoms with Crippen LogP contribution in [0.5, 0.6) is 5.75 Å². The van der Waals surface area contributed by atoms with E-state index in [1.54, 1.807) is 6.07 Å². The topological polar surface area (TPSA) is 64.3 Å². The van der Waals surface area contributed by atoms with E-state index in [-0.39, 0.29) is 24.4 Å². The first-order valence-corrected chi connectivity index (χ1v) is 8.94. The molecule has 1 aliphatic rings. The number of benzene rings is 2. The molecule has 1 fully saturated rings. The molecular weight excluding hydrogens is 404 g/mol. The van der Waals surface area contributed by atoms with Gasteiger partial charge in [0.25, 0.3) is 5.91 Å². The highest BCUT2D eigenvalue weighted by atomic mass is 79.9. The molecule has 2 aromatic carbocycles. The van der Waals surface area contributed by atoms with E-state index in [2.05, 4.69) is 21.2 Å². The van der Waals surface area contributed by atoms with Crippen LogP contribution >= 0.6 is 28.3 Å². The van der Waals surface area contributed by atoms with Crippen molar-refractivity contribution in [3.63, 3.8) is 0 Å². The maximum absolute atomic E-state index is 12.6. The van der Waals surface area contributed by atoms with E-state index in [1.807, 2.05) is 42.5 Å². The Balaban J connectivity index is 0.00000225. The van der Waals surface area contributed by atoms with E-state index < -0.39 is 0 Å². The third-order valence-electron chi connectivity index (χ3n) is 4.18. The summed E-state index contributed by atoms with van der Waals surface area (Å²) in [5, 5.41) is 3.04. The quantitative estimate of drug-likeness (QED) is 0.707. The van der Waals surface area contributed by atoms with Gasteiger partial charge in [-0.1, -0.05) is 40.2 Å². The van der Waals surface area contributed by atoms with Crippen molar-refractivity contribution in [1.29, 1.82) is 0 Å². The predicted octanol–water partition coefficient (Wildman–Crippen LogP) is 3.92. The molecule has 0 aliphatic heterocycles. The molecule has 1 saturated carbocycles. The standard InChI is InChI=1S/C19H21BrN2O2.ClH/c20-15-5-3-4-13(10-15)12-24-18-7-2-1-6-16(18)19(23)22-17(11-21)14-8-9-14;/h1-7,10,14,17H,8-9,11-12,21H2,(H,22,23);1H. The first-order chi connectivity index (χ1) is 11.7. The van der Waals surface area contributed by atoms with E-state index in [0.29, 0.717) is 30.4 Å². The first-order valence-electron chi connectivity index (χ1n) is 8.14. The van der Waals surface area contributed by atoms with Gasteiger partial charge in [0.15, 0.2) is 0 Å². The van der Waals surface area contributed by atoms with Gasteiger partial charge < -0.3 is 15.8 Å². The number of hydrogen-bond donors (Lipinski definition) is 2. The summed E-state index contributed by atoms with van der Waals surface area (Å²) in [7, 11) is 0. The van der Waals surface area contributed by atoms with Crippen molar-refractivity contribution in [2.24, 2.45) is 11.7 Å². The Labute approximate surface area is 162 Å². The van der Waals surface area contributed by atoms with Crippen molar-refractivity contribution in [2.75, 3.05) is 6.54 Å². The third kappa shape index (κ3) is 5.46. The van der Waals surface area contributed by atoms with Crippen molar-refractivity contribution >= 4 is 34.2 Å². The maximum Gasteiger partial charge on any atom is 0.255 e. The number of para-hydroxylation sites is 1. The van der Waals surface area contributed by atoms with Gasteiger partial charge in [-0.15, -0.1) is 12.4 Å². The Morgan fingerprint density at radius 3 is 2.68 bits per heavy atom. The van der Waals surface area contributed by atoms with Crippen LogP contribution in [0.1, 0.15) is 28.8 Å². The van der Waals surface area contributed by atoms with Crippen molar-refractivity contribution in [2.45, 2.75) is 25.5 Å². The summed E-state index contributed by atoms with van der Waals surface area (Å²) in [5.41, 5.74) is 7.36. The highest BCUT2D eigenvalue weighted by molar-refractivity contribution is 9.10. The fourth-order valence-electron chi connectivity index (χ4n) is 2.68. The number of rotatable bonds is 7. The second-order valence-electron chi connectivity index (χ2n) is 6.07. The van der Waals surface area contributed by atoms with Gasteiger partial charge in [0.1, 0.15) is 12.4 Å². The SMILES string of the molecule is Cl.NCC(NC(=O)c1ccccc1OCc1cccc(Br)c1)C1CC1. The number of halogens is 2. The van der Waals surface area contributed by atoms with Crippen LogP contribution in [0.4, 0.5) is 0 Å². The predicted molar refractivity (Wildman–Crippen MR) is 105 cm³/mol. The lowest BCUT2D eigenvalue weighted by atomic mass is 10.1. The fourth-order valence-corrected chi connectivity index (χ4v) is 3.13. The fraction of sp³-hybridized carbons (Fsp3) is 0.316. The summed E-state index contributed by atoms with van der Waals surface area (Å²) < 4.78 is 6.88. The average molecular weight is 426 g/mol. The molecule has 0 saturated heterocycles. The minimum Gasteiger partial charge on any atom is -0.488 e. The molecule has 3 N–H and O–H groups in total. The number of carbonyl (C=O) groups excluding carboxylic acids is 1. The number of nitrogens with two attached hydrogens (primary N) is 1. The van der Waals surface area contributed by atoms with Crippen LogP contribution in [0.3, 0.4) is 0 Å². The molecule has 4 nitrogen and oxygen atoms in total. The van der Waals surface area contributed by atoms with Crippen LogP contribution < -0.4 is 15.8 Å². The number of nitrogens with one attached hydrogen (secondary N) is 1. The zero-order valence-corrected chi connectivity index (χ0v) is 16.2. The highest BCUT2D eigenvalue weighted by Crippen LogP contribution is 2.32. The Bertz CT molecular complexity index is 722. The molecule has 0 spiro atoms. The summed E-state index contributed by atoms with van der Waals surface area (Å²) in [4.78, 5) is 12.6. The van der Waals surface area contributed by atoms with E-state index in [0.717, 1.165) is 22.9 Å². The molecule has 6 heteroatoms. The molecule has 2 aromatic rings. The van der Waals surface area contributed by atoms with Crippen molar-refractivity contribution in [3.8, 4) is 5.75 Å². The van der Waals surface area contributed by atoms with Gasteiger partial charge in [0.2, 0.25) is 0 Å². The van der Waals surface area contributed by atoms with E-state index in [1.165, 1.54) is 0 Å². The summed E-state index contributed by atoms with van der Waals surface area (Å²) in [6.07, 6.45) is 2.28. The Morgan fingerprint density at radius 1 is 1.24 bits per heavy atom. The van der Waals surface area contributed by atoms with Gasteiger partial charge in [-0.05, 0) is 48.6 Å². The molecule has 3 rings (SSSR count). The van der Waals surface area contributed by atoms with Gasteiger partial charge in [0.05, 0.1) is 5.56 Å². The lowest BCUT2D eigenvalue weighted by molar-refractivity contribution is 0.0929. The van der Waals surface area contributed by atoms with Gasteiger partial charge in [-0.3, -0.25) is 4.79 Å². The molecule has 1 aliphatic carbocycles. The first kappa shape index (κ1) is 19.8. The number of hydrogen-bond acceptors (Lipinski definition) is 3. The average Bonchev–Trinajstić information content (AvgIpc) is 3.43. The van der Waals surface area contributed by atoms with Gasteiger partial charge in [-0.2, -0.15) is 0 Å². The summed E-state index contributed by atoms with van der Waals surface area (Å²) >= 11 is 3.45. The van der Waals surface area contributed by atoms with Crippen molar-refractivity contribution in [1.82, 2.24) is 5.32 Å². The van der Waals surface area contributed by atoms with Crippen LogP contribution in [-0.2, 0) is 6.61 Å². The summed E-state index contributed by atoms with van der Waals surface area (Å²) in [6, 6.07) is 15.3. The second-order valence-corrected chi connectivity index (χ2v) is 6.98. The minimum absolute atomic E-state index is 0. The van der Waals surface area contributed by atoms with Crippen LogP contribution in [0, 0.1) is 5.92 Å². The van der Waals surface area contributed by atoms with Crippen LogP contribution in [0.15, 0.2) is 53.0 Å². The molecule has 1 atom stereocenters. The molecular formula is C19H22BrClN2O2. The van der Waals surface area contributed by atoms with Gasteiger partial charge in [0, 0.05) is 17.1 Å². The van der Waals surface area contributed by atoms with Crippen LogP contribution in [-0.4, -0.2) is 18.5 Å².